The molecule has 0 saturated carbocycles. The van der Waals surface area contributed by atoms with Crippen molar-refractivity contribution in [2.24, 2.45) is 0 Å². The fraction of sp³-hybridized carbons (Fsp3) is 0.364. The number of rotatable bonds is 9. The van der Waals surface area contributed by atoms with E-state index in [1.807, 2.05) is 18.2 Å². The molecule has 0 heterocycles. The van der Waals surface area contributed by atoms with E-state index < -0.39 is 17.9 Å². The number of carbonyl (C=O) groups is 3. The number of carbonyl (C=O) groups excluding carboxylic acids is 3. The molecule has 4 rings (SSSR count). The van der Waals surface area contributed by atoms with E-state index in [0.717, 1.165) is 33.4 Å². The van der Waals surface area contributed by atoms with Crippen molar-refractivity contribution in [3.63, 3.8) is 0 Å². The number of benzene rings is 3. The van der Waals surface area contributed by atoms with Gasteiger partial charge in [-0.3, -0.25) is 0 Å². The van der Waals surface area contributed by atoms with Gasteiger partial charge < -0.3 is 28.4 Å². The van der Waals surface area contributed by atoms with Gasteiger partial charge in [0.05, 0.1) is 41.2 Å². The quantitative estimate of drug-likeness (QED) is 0.193. The largest absolute Gasteiger partial charge is 0.496 e. The first kappa shape index (κ1) is 30.4. The Hall–Kier alpha value is -4.53. The lowest BCUT2D eigenvalue weighted by molar-refractivity contribution is 0.0512. The maximum Gasteiger partial charge on any atom is 0.341 e. The van der Waals surface area contributed by atoms with Crippen LogP contribution >= 0.6 is 0 Å². The highest BCUT2D eigenvalue weighted by atomic mass is 16.5. The van der Waals surface area contributed by atoms with E-state index in [-0.39, 0.29) is 19.8 Å². The van der Waals surface area contributed by atoms with Crippen LogP contribution in [0, 0.1) is 0 Å². The predicted octanol–water partition coefficient (Wildman–Crippen LogP) is 5.33. The summed E-state index contributed by atoms with van der Waals surface area (Å²) in [5.41, 5.74) is 6.27. The molecule has 222 valence electrons. The summed E-state index contributed by atoms with van der Waals surface area (Å²) in [7, 11) is 4.52. The number of hydrogen-bond donors (Lipinski definition) is 0. The van der Waals surface area contributed by atoms with E-state index in [0.29, 0.717) is 53.2 Å². The average Bonchev–Trinajstić information content (AvgIpc) is 3.04. The van der Waals surface area contributed by atoms with E-state index >= 15 is 0 Å². The van der Waals surface area contributed by atoms with Crippen molar-refractivity contribution in [3.8, 4) is 17.2 Å². The molecule has 0 radical (unpaired) electrons. The number of hydrogen-bond acceptors (Lipinski definition) is 9. The highest BCUT2D eigenvalue weighted by Crippen LogP contribution is 2.36. The van der Waals surface area contributed by atoms with Crippen LogP contribution in [-0.2, 0) is 33.5 Å². The molecular weight excluding hydrogens is 540 g/mol. The standard InChI is InChI=1S/C33H36O9/c1-7-40-31(34)25-13-19-10-23-17-29(38-5)27(33(36)42-9-3)15-21(23)12-24-18-30(39-6)26(32(35)41-8-2)14-20(24)11-22(19)16-28(25)37-4/h13-18H,7-12H2,1-6H3. The Bertz CT molecular complexity index is 1330. The second-order valence-electron chi connectivity index (χ2n) is 9.66. The van der Waals surface area contributed by atoms with Crippen LogP contribution in [0.3, 0.4) is 0 Å². The molecule has 0 bridgehead atoms. The third-order valence-corrected chi connectivity index (χ3v) is 7.19. The van der Waals surface area contributed by atoms with Gasteiger partial charge >= 0.3 is 17.9 Å². The monoisotopic (exact) mass is 576 g/mol. The van der Waals surface area contributed by atoms with Crippen molar-refractivity contribution in [1.29, 1.82) is 0 Å². The predicted molar refractivity (Wildman–Crippen MR) is 155 cm³/mol. The van der Waals surface area contributed by atoms with Crippen LogP contribution in [0.1, 0.15) is 85.2 Å². The Labute approximate surface area is 245 Å². The van der Waals surface area contributed by atoms with Crippen LogP contribution in [0.15, 0.2) is 36.4 Å². The molecular formula is C33H36O9. The number of ether oxygens (including phenoxy) is 6. The highest BCUT2D eigenvalue weighted by molar-refractivity contribution is 5.95. The van der Waals surface area contributed by atoms with Crippen LogP contribution in [0.25, 0.3) is 0 Å². The van der Waals surface area contributed by atoms with Crippen molar-refractivity contribution >= 4 is 17.9 Å². The molecule has 9 heteroatoms. The van der Waals surface area contributed by atoms with E-state index in [4.69, 9.17) is 28.4 Å². The molecule has 3 aromatic carbocycles. The first-order valence-corrected chi connectivity index (χ1v) is 13.9. The van der Waals surface area contributed by atoms with Gasteiger partial charge in [0, 0.05) is 0 Å². The summed E-state index contributed by atoms with van der Waals surface area (Å²) in [4.78, 5) is 38.6. The zero-order valence-electron chi connectivity index (χ0n) is 24.9. The molecule has 0 fully saturated rings. The van der Waals surface area contributed by atoms with Crippen LogP contribution < -0.4 is 14.2 Å². The zero-order chi connectivity index (χ0) is 30.4. The average molecular weight is 577 g/mol. The SMILES string of the molecule is CCOC(=O)c1cc2c(cc1OC)Cc1cc(C(=O)OCC)c(OC)cc1Cc1cc(C(=O)OCC)c(OC)cc1C2. The minimum absolute atomic E-state index is 0.224. The Balaban J connectivity index is 2.01. The Morgan fingerprint density at radius 1 is 0.476 bits per heavy atom. The molecule has 1 aliphatic rings. The number of methoxy groups -OCH3 is 3. The van der Waals surface area contributed by atoms with Crippen molar-refractivity contribution in [3.05, 3.63) is 86.5 Å². The van der Waals surface area contributed by atoms with Crippen molar-refractivity contribution in [2.75, 3.05) is 41.2 Å². The smallest absolute Gasteiger partial charge is 0.341 e. The fourth-order valence-corrected chi connectivity index (χ4v) is 5.21. The van der Waals surface area contributed by atoms with Crippen LogP contribution in [-0.4, -0.2) is 59.1 Å². The van der Waals surface area contributed by atoms with Gasteiger partial charge in [0.15, 0.2) is 0 Å². The van der Waals surface area contributed by atoms with Crippen molar-refractivity contribution < 1.29 is 42.8 Å². The van der Waals surface area contributed by atoms with Crippen molar-refractivity contribution in [2.45, 2.75) is 40.0 Å². The summed E-state index contributed by atoms with van der Waals surface area (Å²) in [6, 6.07) is 10.9. The highest BCUT2D eigenvalue weighted by Gasteiger charge is 2.26. The van der Waals surface area contributed by atoms with Gasteiger partial charge in [0.2, 0.25) is 0 Å². The molecule has 0 unspecified atom stereocenters. The maximum atomic E-state index is 12.9. The minimum atomic E-state index is -0.484. The summed E-state index contributed by atoms with van der Waals surface area (Å²) in [5.74, 6) is -0.278. The minimum Gasteiger partial charge on any atom is -0.496 e. The van der Waals surface area contributed by atoms with E-state index in [1.54, 1.807) is 39.0 Å². The Morgan fingerprint density at radius 2 is 0.714 bits per heavy atom. The van der Waals surface area contributed by atoms with Gasteiger partial charge in [-0.15, -0.1) is 0 Å². The summed E-state index contributed by atoms with van der Waals surface area (Å²) < 4.78 is 32.7. The zero-order valence-corrected chi connectivity index (χ0v) is 24.9. The third-order valence-electron chi connectivity index (χ3n) is 7.19. The molecule has 42 heavy (non-hydrogen) atoms. The van der Waals surface area contributed by atoms with Gasteiger partial charge in [0.1, 0.15) is 33.9 Å². The molecule has 0 saturated heterocycles. The van der Waals surface area contributed by atoms with E-state index in [2.05, 4.69) is 0 Å². The molecule has 0 N–H and O–H groups in total. The van der Waals surface area contributed by atoms with Crippen molar-refractivity contribution in [1.82, 2.24) is 0 Å². The maximum absolute atomic E-state index is 12.9. The van der Waals surface area contributed by atoms with Gasteiger partial charge in [-0.1, -0.05) is 0 Å². The summed E-state index contributed by atoms with van der Waals surface area (Å²) in [6.07, 6.45) is 1.32. The summed E-state index contributed by atoms with van der Waals surface area (Å²) >= 11 is 0. The lowest BCUT2D eigenvalue weighted by Crippen LogP contribution is -2.11. The molecule has 1 aliphatic carbocycles. The normalized spacial score (nSPS) is 11.9. The number of fused-ring (bicyclic) bond motifs is 3. The van der Waals surface area contributed by atoms with Crippen LogP contribution in [0.2, 0.25) is 0 Å². The third kappa shape index (κ3) is 6.20. The topological polar surface area (TPSA) is 107 Å². The van der Waals surface area contributed by atoms with Gasteiger partial charge in [-0.05, 0) is 110 Å². The lowest BCUT2D eigenvalue weighted by atomic mass is 9.92. The van der Waals surface area contributed by atoms with Gasteiger partial charge in [0.25, 0.3) is 0 Å². The first-order chi connectivity index (χ1) is 20.3. The number of esters is 3. The molecule has 0 atom stereocenters. The van der Waals surface area contributed by atoms with E-state index in [9.17, 15) is 14.4 Å². The van der Waals surface area contributed by atoms with Crippen LogP contribution in [0.4, 0.5) is 0 Å². The fourth-order valence-electron chi connectivity index (χ4n) is 5.21. The first-order valence-electron chi connectivity index (χ1n) is 13.9. The Kier molecular flexibility index (Phi) is 9.72. The lowest BCUT2D eigenvalue weighted by Gasteiger charge is -2.17. The second-order valence-corrected chi connectivity index (χ2v) is 9.66. The molecule has 0 aliphatic heterocycles. The molecule has 0 aromatic heterocycles. The summed E-state index contributed by atoms with van der Waals surface area (Å²) in [6.45, 7) is 5.92. The van der Waals surface area contributed by atoms with Gasteiger partial charge in [-0.25, -0.2) is 14.4 Å². The second kappa shape index (κ2) is 13.4. The van der Waals surface area contributed by atoms with E-state index in [1.165, 1.54) is 21.3 Å². The molecule has 9 nitrogen and oxygen atoms in total. The molecule has 0 amide bonds. The summed E-state index contributed by atoms with van der Waals surface area (Å²) in [5, 5.41) is 0. The van der Waals surface area contributed by atoms with Gasteiger partial charge in [-0.2, -0.15) is 0 Å². The molecule has 3 aromatic rings. The Morgan fingerprint density at radius 3 is 0.929 bits per heavy atom. The molecule has 0 spiro atoms. The van der Waals surface area contributed by atoms with Crippen LogP contribution in [0.5, 0.6) is 17.2 Å².